The van der Waals surface area contributed by atoms with E-state index in [2.05, 4.69) is 6.58 Å². The third kappa shape index (κ3) is 4.06. The van der Waals surface area contributed by atoms with E-state index in [0.717, 1.165) is 4.88 Å². The standard InChI is InChI=1S/C15H14ClFN2OS/c1-2-5-19(9-13-3-4-14(16)21-13)15(20)10-6-11(17)8-12(18)7-10/h2-4,6-8H,1,5,9,18H2. The van der Waals surface area contributed by atoms with Gasteiger partial charge in [-0.15, -0.1) is 17.9 Å². The van der Waals surface area contributed by atoms with Crippen LogP contribution in [0.1, 0.15) is 15.2 Å². The van der Waals surface area contributed by atoms with Crippen molar-refractivity contribution in [3.63, 3.8) is 0 Å². The van der Waals surface area contributed by atoms with Crippen LogP contribution in [0.3, 0.4) is 0 Å². The van der Waals surface area contributed by atoms with Gasteiger partial charge in [-0.1, -0.05) is 17.7 Å². The summed E-state index contributed by atoms with van der Waals surface area (Å²) in [5.41, 5.74) is 6.02. The molecule has 3 nitrogen and oxygen atoms in total. The lowest BCUT2D eigenvalue weighted by Gasteiger charge is -2.20. The highest BCUT2D eigenvalue weighted by Crippen LogP contribution is 2.23. The number of nitrogen functional groups attached to an aromatic ring is 1. The van der Waals surface area contributed by atoms with Crippen LogP contribution in [0.2, 0.25) is 4.34 Å². The van der Waals surface area contributed by atoms with Gasteiger partial charge in [-0.3, -0.25) is 4.79 Å². The first-order valence-corrected chi connectivity index (χ1v) is 7.39. The molecule has 0 unspecified atom stereocenters. The summed E-state index contributed by atoms with van der Waals surface area (Å²) in [6.07, 6.45) is 1.62. The Morgan fingerprint density at radius 1 is 1.43 bits per heavy atom. The minimum atomic E-state index is -0.531. The highest BCUT2D eigenvalue weighted by molar-refractivity contribution is 7.16. The van der Waals surface area contributed by atoms with E-state index in [1.54, 1.807) is 17.0 Å². The van der Waals surface area contributed by atoms with Crippen LogP contribution in [-0.4, -0.2) is 17.4 Å². The molecule has 1 heterocycles. The summed E-state index contributed by atoms with van der Waals surface area (Å²) in [7, 11) is 0. The summed E-state index contributed by atoms with van der Waals surface area (Å²) >= 11 is 7.29. The number of hydrogen-bond acceptors (Lipinski definition) is 3. The number of carbonyl (C=O) groups excluding carboxylic acids is 1. The van der Waals surface area contributed by atoms with Gasteiger partial charge in [-0.25, -0.2) is 4.39 Å². The molecule has 2 rings (SSSR count). The molecular formula is C15H14ClFN2OS. The zero-order chi connectivity index (χ0) is 15.4. The summed E-state index contributed by atoms with van der Waals surface area (Å²) in [4.78, 5) is 15.0. The van der Waals surface area contributed by atoms with Gasteiger partial charge in [-0.05, 0) is 30.3 Å². The number of thiophene rings is 1. The Kier molecular flexibility index (Phi) is 4.98. The molecule has 0 fully saturated rings. The SMILES string of the molecule is C=CCN(Cc1ccc(Cl)s1)C(=O)c1cc(N)cc(F)c1. The largest absolute Gasteiger partial charge is 0.399 e. The Morgan fingerprint density at radius 3 is 2.76 bits per heavy atom. The second kappa shape index (κ2) is 6.74. The van der Waals surface area contributed by atoms with Gasteiger partial charge in [0.1, 0.15) is 5.82 Å². The number of anilines is 1. The zero-order valence-electron chi connectivity index (χ0n) is 11.2. The minimum Gasteiger partial charge on any atom is -0.399 e. The van der Waals surface area contributed by atoms with Gasteiger partial charge >= 0.3 is 0 Å². The van der Waals surface area contributed by atoms with Crippen LogP contribution in [0, 0.1) is 5.82 Å². The van der Waals surface area contributed by atoms with Gasteiger partial charge in [0.15, 0.2) is 0 Å². The monoisotopic (exact) mass is 324 g/mol. The first kappa shape index (κ1) is 15.5. The highest BCUT2D eigenvalue weighted by atomic mass is 35.5. The van der Waals surface area contributed by atoms with Crippen LogP contribution in [0.4, 0.5) is 10.1 Å². The maximum absolute atomic E-state index is 13.4. The minimum absolute atomic E-state index is 0.219. The van der Waals surface area contributed by atoms with Crippen LogP contribution in [-0.2, 0) is 6.54 Å². The topological polar surface area (TPSA) is 46.3 Å². The van der Waals surface area contributed by atoms with Crippen LogP contribution in [0.5, 0.6) is 0 Å². The maximum Gasteiger partial charge on any atom is 0.254 e. The molecule has 0 aliphatic carbocycles. The van der Waals surface area contributed by atoms with Crippen molar-refractivity contribution in [1.29, 1.82) is 0 Å². The maximum atomic E-state index is 13.4. The van der Waals surface area contributed by atoms with E-state index in [4.69, 9.17) is 17.3 Å². The number of benzene rings is 1. The average molecular weight is 325 g/mol. The third-order valence-electron chi connectivity index (χ3n) is 2.78. The summed E-state index contributed by atoms with van der Waals surface area (Å²) in [5, 5.41) is 0. The fraction of sp³-hybridized carbons (Fsp3) is 0.133. The van der Waals surface area contributed by atoms with E-state index < -0.39 is 5.82 Å². The van der Waals surface area contributed by atoms with Gasteiger partial charge in [0.2, 0.25) is 0 Å². The van der Waals surface area contributed by atoms with Crippen molar-refractivity contribution in [3.8, 4) is 0 Å². The summed E-state index contributed by atoms with van der Waals surface area (Å²) < 4.78 is 14.0. The zero-order valence-corrected chi connectivity index (χ0v) is 12.8. The molecule has 2 aromatic rings. The predicted molar refractivity (Wildman–Crippen MR) is 85.1 cm³/mol. The number of nitrogens with zero attached hydrogens (tertiary/aromatic N) is 1. The first-order chi connectivity index (χ1) is 9.99. The normalized spacial score (nSPS) is 10.4. The lowest BCUT2D eigenvalue weighted by atomic mass is 10.1. The van der Waals surface area contributed by atoms with E-state index >= 15 is 0 Å². The molecule has 0 saturated heterocycles. The second-order valence-electron chi connectivity index (χ2n) is 4.45. The molecule has 0 bridgehead atoms. The van der Waals surface area contributed by atoms with Gasteiger partial charge in [0.05, 0.1) is 10.9 Å². The summed E-state index contributed by atoms with van der Waals surface area (Å²) in [6, 6.07) is 7.45. The molecule has 0 aliphatic heterocycles. The van der Waals surface area contributed by atoms with Crippen molar-refractivity contribution in [3.05, 3.63) is 63.6 Å². The van der Waals surface area contributed by atoms with Gasteiger partial charge in [0, 0.05) is 22.7 Å². The van der Waals surface area contributed by atoms with Crippen molar-refractivity contribution in [2.24, 2.45) is 0 Å². The molecule has 6 heteroatoms. The Bertz CT molecular complexity index is 651. The number of halogens is 2. The van der Waals surface area contributed by atoms with Crippen LogP contribution < -0.4 is 5.73 Å². The summed E-state index contributed by atoms with van der Waals surface area (Å²) in [5.74, 6) is -0.832. The van der Waals surface area contributed by atoms with Crippen LogP contribution >= 0.6 is 22.9 Å². The molecule has 2 N–H and O–H groups in total. The molecule has 1 aromatic heterocycles. The molecule has 1 aromatic carbocycles. The van der Waals surface area contributed by atoms with Gasteiger partial charge in [-0.2, -0.15) is 0 Å². The average Bonchev–Trinajstić information content (AvgIpc) is 2.82. The third-order valence-corrected chi connectivity index (χ3v) is 4.00. The molecular weight excluding hydrogens is 311 g/mol. The molecule has 0 radical (unpaired) electrons. The first-order valence-electron chi connectivity index (χ1n) is 6.20. The number of rotatable bonds is 5. The number of carbonyl (C=O) groups is 1. The van der Waals surface area contributed by atoms with Crippen LogP contribution in [0.25, 0.3) is 0 Å². The second-order valence-corrected chi connectivity index (χ2v) is 6.25. The molecule has 0 aliphatic rings. The molecule has 0 atom stereocenters. The summed E-state index contributed by atoms with van der Waals surface area (Å²) in [6.45, 7) is 4.38. The Balaban J connectivity index is 2.24. The van der Waals surface area contributed by atoms with E-state index in [0.29, 0.717) is 17.4 Å². The lowest BCUT2D eigenvalue weighted by molar-refractivity contribution is 0.0764. The molecule has 1 amide bonds. The fourth-order valence-corrected chi connectivity index (χ4v) is 3.02. The van der Waals surface area contributed by atoms with E-state index in [1.165, 1.54) is 29.5 Å². The Labute approximate surface area is 131 Å². The molecule has 0 saturated carbocycles. The Morgan fingerprint density at radius 2 is 2.19 bits per heavy atom. The fourth-order valence-electron chi connectivity index (χ4n) is 1.92. The smallest absolute Gasteiger partial charge is 0.254 e. The van der Waals surface area contributed by atoms with E-state index in [-0.39, 0.29) is 17.2 Å². The van der Waals surface area contributed by atoms with Gasteiger partial charge < -0.3 is 10.6 Å². The van der Waals surface area contributed by atoms with Crippen LogP contribution in [0.15, 0.2) is 43.0 Å². The lowest BCUT2D eigenvalue weighted by Crippen LogP contribution is -2.30. The highest BCUT2D eigenvalue weighted by Gasteiger charge is 2.17. The molecule has 0 spiro atoms. The number of nitrogens with two attached hydrogens (primary N) is 1. The van der Waals surface area contributed by atoms with Crippen molar-refractivity contribution in [1.82, 2.24) is 4.90 Å². The van der Waals surface area contributed by atoms with Crippen molar-refractivity contribution < 1.29 is 9.18 Å². The van der Waals surface area contributed by atoms with E-state index in [9.17, 15) is 9.18 Å². The van der Waals surface area contributed by atoms with Crippen molar-refractivity contribution in [2.45, 2.75) is 6.54 Å². The number of amides is 1. The van der Waals surface area contributed by atoms with Crippen molar-refractivity contribution >= 4 is 34.5 Å². The van der Waals surface area contributed by atoms with Gasteiger partial charge in [0.25, 0.3) is 5.91 Å². The quantitative estimate of drug-likeness (QED) is 0.668. The molecule has 21 heavy (non-hydrogen) atoms. The Hall–Kier alpha value is -1.85. The predicted octanol–water partition coefficient (Wildman–Crippen LogP) is 3.95. The number of hydrogen-bond donors (Lipinski definition) is 1. The molecule has 110 valence electrons. The van der Waals surface area contributed by atoms with E-state index in [1.807, 2.05) is 6.07 Å². The van der Waals surface area contributed by atoms with Crippen molar-refractivity contribution in [2.75, 3.05) is 12.3 Å².